The van der Waals surface area contributed by atoms with Crippen LogP contribution in [0.15, 0.2) is 48.5 Å². The SMILES string of the molecule is COc1ccccc1Oc1ccc(C2CN(CCC(=O)OC(C)(C)C)CCO2)cc1. The lowest BCUT2D eigenvalue weighted by Gasteiger charge is -2.33. The number of carbonyl (C=O) groups is 1. The van der Waals surface area contributed by atoms with Crippen molar-refractivity contribution in [3.05, 3.63) is 54.1 Å². The molecule has 0 bridgehead atoms. The summed E-state index contributed by atoms with van der Waals surface area (Å²) in [5.41, 5.74) is 0.641. The van der Waals surface area contributed by atoms with E-state index in [2.05, 4.69) is 4.90 Å². The van der Waals surface area contributed by atoms with Crippen LogP contribution in [0.5, 0.6) is 17.2 Å². The van der Waals surface area contributed by atoms with Crippen LogP contribution in [0.4, 0.5) is 0 Å². The van der Waals surface area contributed by atoms with Crippen LogP contribution in [0.1, 0.15) is 38.9 Å². The number of benzene rings is 2. The summed E-state index contributed by atoms with van der Waals surface area (Å²) in [5, 5.41) is 0. The van der Waals surface area contributed by atoms with Gasteiger partial charge in [0.25, 0.3) is 0 Å². The van der Waals surface area contributed by atoms with Crippen LogP contribution in [-0.4, -0.2) is 49.8 Å². The van der Waals surface area contributed by atoms with Crippen molar-refractivity contribution >= 4 is 5.97 Å². The van der Waals surface area contributed by atoms with Gasteiger partial charge in [-0.2, -0.15) is 0 Å². The van der Waals surface area contributed by atoms with Crippen molar-refractivity contribution in [1.29, 1.82) is 0 Å². The number of hydrogen-bond donors (Lipinski definition) is 0. The summed E-state index contributed by atoms with van der Waals surface area (Å²) in [5.74, 6) is 1.94. The predicted octanol–water partition coefficient (Wildman–Crippen LogP) is 4.59. The molecule has 1 saturated heterocycles. The first kappa shape index (κ1) is 22.1. The molecule has 6 nitrogen and oxygen atoms in total. The highest BCUT2D eigenvalue weighted by molar-refractivity contribution is 5.70. The second kappa shape index (κ2) is 9.96. The zero-order chi connectivity index (χ0) is 21.6. The molecule has 3 rings (SSSR count). The molecule has 0 radical (unpaired) electrons. The van der Waals surface area contributed by atoms with Crippen molar-refractivity contribution in [2.75, 3.05) is 33.4 Å². The van der Waals surface area contributed by atoms with Crippen LogP contribution in [-0.2, 0) is 14.3 Å². The monoisotopic (exact) mass is 413 g/mol. The number of esters is 1. The van der Waals surface area contributed by atoms with Crippen molar-refractivity contribution in [3.8, 4) is 17.2 Å². The average molecular weight is 414 g/mol. The molecule has 2 aromatic carbocycles. The molecule has 1 aliphatic rings. The number of para-hydroxylation sites is 2. The lowest BCUT2D eigenvalue weighted by Crippen LogP contribution is -2.39. The number of methoxy groups -OCH3 is 1. The second-order valence-corrected chi connectivity index (χ2v) is 8.32. The zero-order valence-electron chi connectivity index (χ0n) is 18.2. The van der Waals surface area contributed by atoms with E-state index in [1.165, 1.54) is 0 Å². The van der Waals surface area contributed by atoms with E-state index in [0.29, 0.717) is 31.1 Å². The largest absolute Gasteiger partial charge is 0.493 e. The molecule has 0 N–H and O–H groups in total. The van der Waals surface area contributed by atoms with Crippen LogP contribution in [0, 0.1) is 0 Å². The maximum Gasteiger partial charge on any atom is 0.307 e. The molecule has 1 fully saturated rings. The first-order valence-electron chi connectivity index (χ1n) is 10.3. The van der Waals surface area contributed by atoms with Crippen LogP contribution in [0.25, 0.3) is 0 Å². The Morgan fingerprint density at radius 1 is 1.10 bits per heavy atom. The van der Waals surface area contributed by atoms with E-state index in [4.69, 9.17) is 18.9 Å². The minimum atomic E-state index is -0.446. The highest BCUT2D eigenvalue weighted by Gasteiger charge is 2.23. The molecule has 0 aliphatic carbocycles. The highest BCUT2D eigenvalue weighted by atomic mass is 16.6. The van der Waals surface area contributed by atoms with E-state index in [-0.39, 0.29) is 12.1 Å². The maximum atomic E-state index is 12.0. The Morgan fingerprint density at radius 2 is 1.80 bits per heavy atom. The van der Waals surface area contributed by atoms with Crippen molar-refractivity contribution in [3.63, 3.8) is 0 Å². The van der Waals surface area contributed by atoms with Crippen LogP contribution >= 0.6 is 0 Å². The molecule has 0 amide bonds. The third-order valence-electron chi connectivity index (χ3n) is 4.75. The Bertz CT molecular complexity index is 828. The maximum absolute atomic E-state index is 12.0. The molecular formula is C24H31NO5. The van der Waals surface area contributed by atoms with Gasteiger partial charge in [0.15, 0.2) is 11.5 Å². The van der Waals surface area contributed by atoms with Gasteiger partial charge in [0.05, 0.1) is 26.2 Å². The molecule has 1 heterocycles. The third-order valence-corrected chi connectivity index (χ3v) is 4.75. The lowest BCUT2D eigenvalue weighted by molar-refractivity contribution is -0.155. The first-order valence-corrected chi connectivity index (χ1v) is 10.3. The molecule has 6 heteroatoms. The molecule has 1 atom stereocenters. The van der Waals surface area contributed by atoms with E-state index < -0.39 is 5.60 Å². The Kier molecular flexibility index (Phi) is 7.34. The van der Waals surface area contributed by atoms with Crippen molar-refractivity contribution < 1.29 is 23.7 Å². The van der Waals surface area contributed by atoms with Gasteiger partial charge in [-0.25, -0.2) is 0 Å². The van der Waals surface area contributed by atoms with Crippen molar-refractivity contribution in [2.45, 2.75) is 38.9 Å². The number of nitrogens with zero attached hydrogens (tertiary/aromatic N) is 1. The second-order valence-electron chi connectivity index (χ2n) is 8.32. The Hall–Kier alpha value is -2.57. The summed E-state index contributed by atoms with van der Waals surface area (Å²) in [7, 11) is 1.63. The van der Waals surface area contributed by atoms with Gasteiger partial charge in [0, 0.05) is 19.6 Å². The van der Waals surface area contributed by atoms with E-state index in [1.807, 2.05) is 69.3 Å². The topological polar surface area (TPSA) is 57.2 Å². The summed E-state index contributed by atoms with van der Waals surface area (Å²) >= 11 is 0. The van der Waals surface area contributed by atoms with Gasteiger partial charge in [-0.15, -0.1) is 0 Å². The van der Waals surface area contributed by atoms with Gasteiger partial charge in [0.2, 0.25) is 0 Å². The first-order chi connectivity index (χ1) is 14.3. The van der Waals surface area contributed by atoms with Crippen LogP contribution in [0.3, 0.4) is 0 Å². The number of rotatable bonds is 7. The fraction of sp³-hybridized carbons (Fsp3) is 0.458. The van der Waals surface area contributed by atoms with Gasteiger partial charge < -0.3 is 18.9 Å². The number of carbonyl (C=O) groups excluding carboxylic acids is 1. The van der Waals surface area contributed by atoms with Crippen LogP contribution in [0.2, 0.25) is 0 Å². The van der Waals surface area contributed by atoms with Crippen LogP contribution < -0.4 is 9.47 Å². The molecule has 1 aliphatic heterocycles. The molecule has 2 aromatic rings. The molecule has 0 aromatic heterocycles. The third kappa shape index (κ3) is 6.47. The quantitative estimate of drug-likeness (QED) is 0.619. The molecule has 0 spiro atoms. The van der Waals surface area contributed by atoms with Gasteiger partial charge in [-0.3, -0.25) is 9.69 Å². The van der Waals surface area contributed by atoms with E-state index in [9.17, 15) is 4.79 Å². The minimum absolute atomic E-state index is 0.0299. The van der Waals surface area contributed by atoms with E-state index in [1.54, 1.807) is 7.11 Å². The predicted molar refractivity (Wildman–Crippen MR) is 115 cm³/mol. The summed E-state index contributed by atoms with van der Waals surface area (Å²) in [6.45, 7) is 8.52. The summed E-state index contributed by atoms with van der Waals surface area (Å²) in [6, 6.07) is 15.5. The number of hydrogen-bond acceptors (Lipinski definition) is 6. The molecule has 30 heavy (non-hydrogen) atoms. The standard InChI is InChI=1S/C24H31NO5/c1-24(2,3)30-23(26)13-14-25-15-16-28-22(17-25)18-9-11-19(12-10-18)29-21-8-6-5-7-20(21)27-4/h5-12,22H,13-17H2,1-4H3. The van der Waals surface area contributed by atoms with Gasteiger partial charge in [-0.1, -0.05) is 24.3 Å². The normalized spacial score (nSPS) is 17.4. The Balaban J connectivity index is 1.55. The van der Waals surface area contributed by atoms with Crippen molar-refractivity contribution in [1.82, 2.24) is 4.90 Å². The van der Waals surface area contributed by atoms with E-state index in [0.717, 1.165) is 24.4 Å². The Morgan fingerprint density at radius 3 is 2.47 bits per heavy atom. The molecule has 1 unspecified atom stereocenters. The fourth-order valence-electron chi connectivity index (χ4n) is 3.33. The van der Waals surface area contributed by atoms with Gasteiger partial charge in [0.1, 0.15) is 11.4 Å². The van der Waals surface area contributed by atoms with Gasteiger partial charge in [-0.05, 0) is 50.6 Å². The Labute approximate surface area is 178 Å². The highest BCUT2D eigenvalue weighted by Crippen LogP contribution is 2.32. The van der Waals surface area contributed by atoms with E-state index >= 15 is 0 Å². The molecular weight excluding hydrogens is 382 g/mol. The molecule has 162 valence electrons. The number of morpholine rings is 1. The fourth-order valence-corrected chi connectivity index (χ4v) is 3.33. The number of ether oxygens (including phenoxy) is 4. The smallest absolute Gasteiger partial charge is 0.307 e. The summed E-state index contributed by atoms with van der Waals surface area (Å²) in [6.07, 6.45) is 0.355. The molecule has 0 saturated carbocycles. The van der Waals surface area contributed by atoms with Crippen molar-refractivity contribution in [2.24, 2.45) is 0 Å². The van der Waals surface area contributed by atoms with Gasteiger partial charge >= 0.3 is 5.97 Å². The lowest BCUT2D eigenvalue weighted by atomic mass is 10.1. The summed E-state index contributed by atoms with van der Waals surface area (Å²) < 4.78 is 22.6. The average Bonchev–Trinajstić information content (AvgIpc) is 2.72. The minimum Gasteiger partial charge on any atom is -0.493 e. The zero-order valence-corrected chi connectivity index (χ0v) is 18.2. The summed E-state index contributed by atoms with van der Waals surface area (Å²) in [4.78, 5) is 14.2.